The first-order valence-electron chi connectivity index (χ1n) is 8.17. The van der Waals surface area contributed by atoms with E-state index in [4.69, 9.17) is 0 Å². The van der Waals surface area contributed by atoms with Crippen molar-refractivity contribution in [3.05, 3.63) is 47.4 Å². The number of anilines is 2. The molecule has 24 heavy (non-hydrogen) atoms. The summed E-state index contributed by atoms with van der Waals surface area (Å²) in [6.07, 6.45) is 3.23. The summed E-state index contributed by atoms with van der Waals surface area (Å²) in [5.74, 6) is 0.585. The van der Waals surface area contributed by atoms with Crippen LogP contribution in [0.1, 0.15) is 21.6 Å². The minimum absolute atomic E-state index is 0.240. The number of likely N-dealkylation sites (N-methyl/N-ethyl adjacent to an activating group) is 1. The molecule has 6 heteroatoms. The van der Waals surface area contributed by atoms with Crippen LogP contribution < -0.4 is 10.2 Å². The number of amides is 1. The predicted molar refractivity (Wildman–Crippen MR) is 95.6 cm³/mol. The third-order valence-electron chi connectivity index (χ3n) is 4.46. The van der Waals surface area contributed by atoms with Crippen molar-refractivity contribution < 1.29 is 4.79 Å². The third kappa shape index (κ3) is 3.71. The maximum Gasteiger partial charge on any atom is 0.275 e. The van der Waals surface area contributed by atoms with E-state index in [1.165, 1.54) is 5.56 Å². The van der Waals surface area contributed by atoms with E-state index in [1.807, 2.05) is 32.0 Å². The summed E-state index contributed by atoms with van der Waals surface area (Å²) in [5.41, 5.74) is 3.44. The average Bonchev–Trinajstić information content (AvgIpc) is 2.59. The number of carbonyl (C=O) groups is 1. The molecule has 1 aliphatic rings. The molecule has 0 unspecified atom stereocenters. The summed E-state index contributed by atoms with van der Waals surface area (Å²) in [6, 6.07) is 5.85. The maximum absolute atomic E-state index is 12.3. The van der Waals surface area contributed by atoms with E-state index in [2.05, 4.69) is 32.1 Å². The van der Waals surface area contributed by atoms with Crippen molar-refractivity contribution in [2.24, 2.45) is 0 Å². The molecule has 0 atom stereocenters. The van der Waals surface area contributed by atoms with Crippen molar-refractivity contribution in [3.8, 4) is 0 Å². The molecule has 6 nitrogen and oxygen atoms in total. The van der Waals surface area contributed by atoms with Crippen molar-refractivity contribution in [2.45, 2.75) is 13.8 Å². The fraction of sp³-hybridized carbons (Fsp3) is 0.389. The minimum atomic E-state index is -0.240. The highest BCUT2D eigenvalue weighted by molar-refractivity contribution is 6.02. The lowest BCUT2D eigenvalue weighted by atomic mass is 10.1. The van der Waals surface area contributed by atoms with Gasteiger partial charge in [0, 0.05) is 31.9 Å². The van der Waals surface area contributed by atoms with Gasteiger partial charge in [-0.1, -0.05) is 6.07 Å². The summed E-state index contributed by atoms with van der Waals surface area (Å²) in [6.45, 7) is 7.95. The zero-order valence-electron chi connectivity index (χ0n) is 14.4. The Kier molecular flexibility index (Phi) is 4.76. The second-order valence-corrected chi connectivity index (χ2v) is 6.30. The number of hydrogen-bond donors (Lipinski definition) is 1. The minimum Gasteiger partial charge on any atom is -0.353 e. The molecule has 1 aliphatic heterocycles. The quantitative estimate of drug-likeness (QED) is 0.936. The molecule has 126 valence electrons. The molecule has 1 amide bonds. The molecular formula is C18H23N5O. The van der Waals surface area contributed by atoms with Gasteiger partial charge < -0.3 is 15.1 Å². The summed E-state index contributed by atoms with van der Waals surface area (Å²) in [5, 5.41) is 2.87. The number of hydrogen-bond acceptors (Lipinski definition) is 5. The van der Waals surface area contributed by atoms with Crippen LogP contribution in [0.25, 0.3) is 0 Å². The van der Waals surface area contributed by atoms with Crippen LogP contribution >= 0.6 is 0 Å². The Labute approximate surface area is 142 Å². The average molecular weight is 325 g/mol. The van der Waals surface area contributed by atoms with Crippen molar-refractivity contribution in [3.63, 3.8) is 0 Å². The molecule has 1 saturated heterocycles. The van der Waals surface area contributed by atoms with Crippen molar-refractivity contribution >= 4 is 17.4 Å². The molecule has 0 aliphatic carbocycles. The zero-order valence-corrected chi connectivity index (χ0v) is 14.4. The first kappa shape index (κ1) is 16.4. The van der Waals surface area contributed by atoms with Gasteiger partial charge in [0.2, 0.25) is 0 Å². The molecule has 0 bridgehead atoms. The van der Waals surface area contributed by atoms with E-state index < -0.39 is 0 Å². The molecular weight excluding hydrogens is 302 g/mol. The SMILES string of the molecule is Cc1ccc(NC(=O)c2cnc(N3CCN(C)CC3)cn2)cc1C. The molecule has 1 fully saturated rings. The smallest absolute Gasteiger partial charge is 0.275 e. The van der Waals surface area contributed by atoms with Crippen molar-refractivity contribution in [1.82, 2.24) is 14.9 Å². The van der Waals surface area contributed by atoms with E-state index in [0.717, 1.165) is 43.2 Å². The Hall–Kier alpha value is -2.47. The topological polar surface area (TPSA) is 61.4 Å². The van der Waals surface area contributed by atoms with Gasteiger partial charge >= 0.3 is 0 Å². The largest absolute Gasteiger partial charge is 0.353 e. The van der Waals surface area contributed by atoms with Gasteiger partial charge in [0.1, 0.15) is 11.5 Å². The van der Waals surface area contributed by atoms with Gasteiger partial charge in [-0.2, -0.15) is 0 Å². The lowest BCUT2D eigenvalue weighted by Gasteiger charge is -2.32. The highest BCUT2D eigenvalue weighted by Crippen LogP contribution is 2.16. The number of benzene rings is 1. The molecule has 2 heterocycles. The lowest BCUT2D eigenvalue weighted by molar-refractivity contribution is 0.102. The van der Waals surface area contributed by atoms with Crippen LogP contribution in [0.2, 0.25) is 0 Å². The molecule has 2 aromatic rings. The molecule has 1 aromatic carbocycles. The fourth-order valence-corrected chi connectivity index (χ4v) is 2.65. The van der Waals surface area contributed by atoms with E-state index in [9.17, 15) is 4.79 Å². The zero-order chi connectivity index (χ0) is 17.1. The molecule has 0 saturated carbocycles. The van der Waals surface area contributed by atoms with Gasteiger partial charge in [0.25, 0.3) is 5.91 Å². The van der Waals surface area contributed by atoms with E-state index >= 15 is 0 Å². The second-order valence-electron chi connectivity index (χ2n) is 6.30. The van der Waals surface area contributed by atoms with Gasteiger partial charge in [-0.05, 0) is 44.2 Å². The number of carbonyl (C=O) groups excluding carboxylic acids is 1. The van der Waals surface area contributed by atoms with Crippen molar-refractivity contribution in [2.75, 3.05) is 43.4 Å². The van der Waals surface area contributed by atoms with Gasteiger partial charge in [-0.3, -0.25) is 4.79 Å². The standard InChI is InChI=1S/C18H23N5O/c1-13-4-5-15(10-14(13)2)21-18(24)16-11-20-17(12-19-16)23-8-6-22(3)7-9-23/h4-5,10-12H,6-9H2,1-3H3,(H,21,24). The van der Waals surface area contributed by atoms with Gasteiger partial charge in [-0.15, -0.1) is 0 Å². The monoisotopic (exact) mass is 325 g/mol. The number of rotatable bonds is 3. The molecule has 3 rings (SSSR count). The number of nitrogens with zero attached hydrogens (tertiary/aromatic N) is 4. The molecule has 1 N–H and O–H groups in total. The van der Waals surface area contributed by atoms with Crippen LogP contribution in [0.3, 0.4) is 0 Å². The first-order valence-corrected chi connectivity index (χ1v) is 8.17. The highest BCUT2D eigenvalue weighted by Gasteiger charge is 2.16. The van der Waals surface area contributed by atoms with Crippen LogP contribution in [0, 0.1) is 13.8 Å². The van der Waals surface area contributed by atoms with Gasteiger partial charge in [0.05, 0.1) is 12.4 Å². The normalized spacial score (nSPS) is 15.4. The first-order chi connectivity index (χ1) is 11.5. The Morgan fingerprint density at radius 1 is 1.04 bits per heavy atom. The number of aryl methyl sites for hydroxylation is 2. The number of piperazine rings is 1. The summed E-state index contributed by atoms with van der Waals surface area (Å²) >= 11 is 0. The fourth-order valence-electron chi connectivity index (χ4n) is 2.65. The number of aromatic nitrogens is 2. The van der Waals surface area contributed by atoms with Crippen LogP contribution in [-0.2, 0) is 0 Å². The van der Waals surface area contributed by atoms with Crippen LogP contribution in [-0.4, -0.2) is 54.0 Å². The Morgan fingerprint density at radius 2 is 1.79 bits per heavy atom. The van der Waals surface area contributed by atoms with E-state index in [0.29, 0.717) is 5.69 Å². The lowest BCUT2D eigenvalue weighted by Crippen LogP contribution is -2.44. The summed E-state index contributed by atoms with van der Waals surface area (Å²) < 4.78 is 0. The van der Waals surface area contributed by atoms with Crippen molar-refractivity contribution in [1.29, 1.82) is 0 Å². The maximum atomic E-state index is 12.3. The summed E-state index contributed by atoms with van der Waals surface area (Å²) in [4.78, 5) is 25.5. The van der Waals surface area contributed by atoms with E-state index in [1.54, 1.807) is 12.4 Å². The molecule has 0 spiro atoms. The van der Waals surface area contributed by atoms with Crippen LogP contribution in [0.4, 0.5) is 11.5 Å². The number of nitrogens with one attached hydrogen (secondary N) is 1. The summed E-state index contributed by atoms with van der Waals surface area (Å²) in [7, 11) is 2.11. The third-order valence-corrected chi connectivity index (χ3v) is 4.46. The Morgan fingerprint density at radius 3 is 2.42 bits per heavy atom. The highest BCUT2D eigenvalue weighted by atomic mass is 16.1. The van der Waals surface area contributed by atoms with Crippen LogP contribution in [0.5, 0.6) is 0 Å². The van der Waals surface area contributed by atoms with Crippen LogP contribution in [0.15, 0.2) is 30.6 Å². The molecule has 1 aromatic heterocycles. The van der Waals surface area contributed by atoms with Gasteiger partial charge in [-0.25, -0.2) is 9.97 Å². The van der Waals surface area contributed by atoms with Gasteiger partial charge in [0.15, 0.2) is 0 Å². The molecule has 0 radical (unpaired) electrons. The predicted octanol–water partition coefficient (Wildman–Crippen LogP) is 2.10. The Bertz CT molecular complexity index is 721. The second kappa shape index (κ2) is 6.97. The Balaban J connectivity index is 1.66. The van der Waals surface area contributed by atoms with E-state index in [-0.39, 0.29) is 5.91 Å².